The molecule has 0 aliphatic carbocycles. The summed E-state index contributed by atoms with van der Waals surface area (Å²) in [6, 6.07) is 11.8. The molecule has 0 fully saturated rings. The number of aliphatic hydroxyl groups is 1. The fraction of sp³-hybridized carbons (Fsp3) is 0.318. The Morgan fingerprint density at radius 3 is 2.58 bits per heavy atom. The number of nitrogens with zero attached hydrogens (tertiary/aromatic N) is 2. The first-order valence-corrected chi connectivity index (χ1v) is 11.3. The predicted molar refractivity (Wildman–Crippen MR) is 112 cm³/mol. The van der Waals surface area contributed by atoms with Crippen LogP contribution in [0.15, 0.2) is 53.4 Å². The zero-order valence-corrected chi connectivity index (χ0v) is 18.0. The van der Waals surface area contributed by atoms with Crippen molar-refractivity contribution in [2.75, 3.05) is 14.2 Å². The van der Waals surface area contributed by atoms with Gasteiger partial charge in [-0.1, -0.05) is 18.2 Å². The second kappa shape index (κ2) is 8.07. The minimum absolute atomic E-state index is 0.0290. The third-order valence-corrected chi connectivity index (χ3v) is 7.86. The number of methoxy groups -OCH3 is 1. The van der Waals surface area contributed by atoms with Gasteiger partial charge in [0.1, 0.15) is 5.82 Å². The zero-order valence-electron chi connectivity index (χ0n) is 17.2. The lowest BCUT2D eigenvalue weighted by Crippen LogP contribution is -2.42. The summed E-state index contributed by atoms with van der Waals surface area (Å²) < 4.78 is 47.3. The lowest BCUT2D eigenvalue weighted by molar-refractivity contribution is -0.150. The van der Waals surface area contributed by atoms with Crippen molar-refractivity contribution in [3.63, 3.8) is 0 Å². The minimum Gasteiger partial charge on any atom is -0.467 e. The lowest BCUT2D eigenvalue weighted by atomic mass is 9.99. The molecule has 7 nitrogen and oxygen atoms in total. The van der Waals surface area contributed by atoms with Crippen molar-refractivity contribution in [1.82, 2.24) is 8.87 Å². The van der Waals surface area contributed by atoms with Crippen molar-refractivity contribution in [1.29, 1.82) is 0 Å². The van der Waals surface area contributed by atoms with E-state index in [0.29, 0.717) is 24.9 Å². The van der Waals surface area contributed by atoms with Gasteiger partial charge in [-0.3, -0.25) is 0 Å². The van der Waals surface area contributed by atoms with Gasteiger partial charge in [-0.15, -0.1) is 0 Å². The molecule has 1 N–H and O–H groups in total. The van der Waals surface area contributed by atoms with Gasteiger partial charge in [0.2, 0.25) is 10.0 Å². The summed E-state index contributed by atoms with van der Waals surface area (Å²) in [7, 11) is -1.07. The van der Waals surface area contributed by atoms with Crippen LogP contribution in [0.2, 0.25) is 0 Å². The summed E-state index contributed by atoms with van der Waals surface area (Å²) in [5.74, 6) is -1.24. The van der Waals surface area contributed by atoms with E-state index in [1.54, 1.807) is 0 Å². The molecule has 0 saturated carbocycles. The second-order valence-corrected chi connectivity index (χ2v) is 9.58. The zero-order chi connectivity index (χ0) is 22.3. The van der Waals surface area contributed by atoms with Gasteiger partial charge in [0.25, 0.3) is 0 Å². The van der Waals surface area contributed by atoms with Crippen LogP contribution in [0.25, 0.3) is 10.9 Å². The number of halogens is 1. The first kappa shape index (κ1) is 21.5. The van der Waals surface area contributed by atoms with Crippen LogP contribution in [0.3, 0.4) is 0 Å². The van der Waals surface area contributed by atoms with Gasteiger partial charge in [-0.2, -0.15) is 4.31 Å². The van der Waals surface area contributed by atoms with E-state index in [4.69, 9.17) is 4.74 Å². The molecule has 2 atom stereocenters. The molecule has 0 saturated heterocycles. The molecule has 4 rings (SSSR count). The molecule has 1 aliphatic heterocycles. The molecule has 2 unspecified atom stereocenters. The van der Waals surface area contributed by atoms with Crippen molar-refractivity contribution in [2.45, 2.75) is 36.4 Å². The van der Waals surface area contributed by atoms with Gasteiger partial charge in [0.15, 0.2) is 6.10 Å². The number of benzene rings is 2. The molecule has 2 aromatic carbocycles. The number of sulfonamides is 1. The number of rotatable bonds is 5. The van der Waals surface area contributed by atoms with Crippen LogP contribution in [0.5, 0.6) is 0 Å². The first-order valence-electron chi connectivity index (χ1n) is 9.85. The summed E-state index contributed by atoms with van der Waals surface area (Å²) in [4.78, 5) is 12.1. The van der Waals surface area contributed by atoms with Crippen LogP contribution < -0.4 is 0 Å². The normalized spacial score (nSPS) is 17.5. The second-order valence-electron chi connectivity index (χ2n) is 7.58. The first-order chi connectivity index (χ1) is 14.8. The molecule has 1 aromatic heterocycles. The van der Waals surface area contributed by atoms with E-state index in [1.807, 2.05) is 28.8 Å². The van der Waals surface area contributed by atoms with Crippen LogP contribution in [-0.4, -0.2) is 48.6 Å². The highest BCUT2D eigenvalue weighted by atomic mass is 32.2. The summed E-state index contributed by atoms with van der Waals surface area (Å²) in [5.41, 5.74) is 2.11. The summed E-state index contributed by atoms with van der Waals surface area (Å²) in [6.07, 6.45) is -0.427. The van der Waals surface area contributed by atoms with Crippen LogP contribution in [0, 0.1) is 5.82 Å². The molecular formula is C22H23FN2O5S. The number of para-hydroxylation sites is 1. The number of hydrogen-bond acceptors (Lipinski definition) is 5. The molecule has 2 heterocycles. The van der Waals surface area contributed by atoms with E-state index in [2.05, 4.69) is 0 Å². The van der Waals surface area contributed by atoms with E-state index in [-0.39, 0.29) is 10.9 Å². The Hall–Kier alpha value is -2.75. The van der Waals surface area contributed by atoms with Gasteiger partial charge in [0.05, 0.1) is 12.0 Å². The number of likely N-dealkylation sites (N-methyl/N-ethyl adjacent to an activating group) is 1. The molecule has 1 aliphatic rings. The van der Waals surface area contributed by atoms with Crippen LogP contribution in [0.1, 0.15) is 23.8 Å². The number of carbonyl (C=O) groups excluding carboxylic acids is 1. The Labute approximate surface area is 179 Å². The maximum atomic E-state index is 13.2. The van der Waals surface area contributed by atoms with Gasteiger partial charge in [-0.05, 0) is 43.2 Å². The molecule has 0 bridgehead atoms. The van der Waals surface area contributed by atoms with Gasteiger partial charge < -0.3 is 14.4 Å². The Bertz CT molecular complexity index is 1240. The summed E-state index contributed by atoms with van der Waals surface area (Å²) in [6.45, 7) is 0.362. The summed E-state index contributed by atoms with van der Waals surface area (Å²) in [5, 5.41) is 11.3. The van der Waals surface area contributed by atoms with Crippen LogP contribution >= 0.6 is 0 Å². The number of aromatic nitrogens is 1. The number of fused-ring (bicyclic) bond motifs is 3. The quantitative estimate of drug-likeness (QED) is 0.609. The van der Waals surface area contributed by atoms with Crippen molar-refractivity contribution in [3.8, 4) is 0 Å². The highest BCUT2D eigenvalue weighted by Gasteiger charge is 2.35. The maximum absolute atomic E-state index is 13.2. The number of ether oxygens (including phenoxy) is 1. The van der Waals surface area contributed by atoms with Crippen molar-refractivity contribution in [2.24, 2.45) is 0 Å². The Balaban J connectivity index is 1.72. The fourth-order valence-electron chi connectivity index (χ4n) is 4.27. The highest BCUT2D eigenvalue weighted by molar-refractivity contribution is 7.89. The Morgan fingerprint density at radius 1 is 1.23 bits per heavy atom. The average molecular weight is 447 g/mol. The monoisotopic (exact) mass is 446 g/mol. The van der Waals surface area contributed by atoms with Crippen molar-refractivity contribution in [3.05, 3.63) is 65.6 Å². The van der Waals surface area contributed by atoms with Crippen LogP contribution in [-0.2, 0) is 32.5 Å². The van der Waals surface area contributed by atoms with Gasteiger partial charge in [0, 0.05) is 41.8 Å². The largest absolute Gasteiger partial charge is 0.467 e. The standard InChI is InChI=1S/C22H23FN2O5S/c1-24(31(28,29)16-10-7-14(23)8-11-16)15-9-12-19-20(21(26)22(27)30-2)17-5-3-4-6-18(17)25(19)13-15/h3-8,10-11,15,21,26H,9,12-13H2,1-2H3. The van der Waals surface area contributed by atoms with Crippen molar-refractivity contribution >= 4 is 26.9 Å². The van der Waals surface area contributed by atoms with E-state index in [0.717, 1.165) is 28.7 Å². The molecule has 0 amide bonds. The average Bonchev–Trinajstić information content (AvgIpc) is 3.11. The molecule has 0 radical (unpaired) electrons. The fourth-order valence-corrected chi connectivity index (χ4v) is 5.64. The molecule has 0 spiro atoms. The van der Waals surface area contributed by atoms with Gasteiger partial charge in [-0.25, -0.2) is 17.6 Å². The Kier molecular flexibility index (Phi) is 5.59. The smallest absolute Gasteiger partial charge is 0.339 e. The third kappa shape index (κ3) is 3.62. The third-order valence-electron chi connectivity index (χ3n) is 5.93. The van der Waals surface area contributed by atoms with Crippen LogP contribution in [0.4, 0.5) is 4.39 Å². The highest BCUT2D eigenvalue weighted by Crippen LogP contribution is 2.36. The summed E-state index contributed by atoms with van der Waals surface area (Å²) >= 11 is 0. The topological polar surface area (TPSA) is 88.8 Å². The van der Waals surface area contributed by atoms with Gasteiger partial charge >= 0.3 is 5.97 Å². The SMILES string of the molecule is COC(=O)C(O)c1c2n(c3ccccc13)CC(N(C)S(=O)(=O)c1ccc(F)cc1)CC2. The Morgan fingerprint density at radius 2 is 1.90 bits per heavy atom. The van der Waals surface area contributed by atoms with E-state index in [1.165, 1.54) is 30.6 Å². The van der Waals surface area contributed by atoms with E-state index >= 15 is 0 Å². The number of aliphatic hydroxyl groups excluding tert-OH is 1. The van der Waals surface area contributed by atoms with Crippen molar-refractivity contribution < 1.29 is 27.4 Å². The molecular weight excluding hydrogens is 423 g/mol. The lowest BCUT2D eigenvalue weighted by Gasteiger charge is -2.32. The van der Waals surface area contributed by atoms with E-state index in [9.17, 15) is 22.7 Å². The molecule has 9 heteroatoms. The number of hydrogen-bond donors (Lipinski definition) is 1. The van der Waals surface area contributed by atoms with E-state index < -0.39 is 27.9 Å². The maximum Gasteiger partial charge on any atom is 0.339 e. The molecule has 3 aromatic rings. The molecule has 164 valence electrons. The predicted octanol–water partition coefficient (Wildman–Crippen LogP) is 2.62. The minimum atomic E-state index is -3.81. The number of carbonyl (C=O) groups is 1. The molecule has 31 heavy (non-hydrogen) atoms. The number of esters is 1.